The molecule has 2 aromatic rings. The summed E-state index contributed by atoms with van der Waals surface area (Å²) >= 11 is 0. The van der Waals surface area contributed by atoms with Gasteiger partial charge in [-0.3, -0.25) is 4.79 Å². The molecule has 142 valence electrons. The van der Waals surface area contributed by atoms with Crippen LogP contribution in [0.25, 0.3) is 6.08 Å². The number of nitrogens with zero attached hydrogens (tertiary/aromatic N) is 1. The molecule has 0 radical (unpaired) electrons. The van der Waals surface area contributed by atoms with E-state index in [1.54, 1.807) is 9.80 Å². The fraction of sp³-hybridized carbons (Fsp3) is 0.348. The molecule has 0 bridgehead atoms. The number of carbonyl (C=O) groups is 1. The van der Waals surface area contributed by atoms with E-state index >= 15 is 0 Å². The van der Waals surface area contributed by atoms with Crippen molar-refractivity contribution in [2.24, 2.45) is 0 Å². The lowest BCUT2D eigenvalue weighted by Gasteiger charge is -2.34. The van der Waals surface area contributed by atoms with Gasteiger partial charge in [0.25, 0.3) is 5.91 Å². The molecule has 0 aromatic heterocycles. The first kappa shape index (κ1) is 19.3. The third kappa shape index (κ3) is 5.28. The molecule has 0 saturated carbocycles. The zero-order valence-corrected chi connectivity index (χ0v) is 16.4. The number of benzene rings is 2. The quantitative estimate of drug-likeness (QED) is 0.758. The molecule has 1 atom stereocenters. The highest BCUT2D eigenvalue weighted by Crippen LogP contribution is 2.11. The van der Waals surface area contributed by atoms with Gasteiger partial charge in [0.2, 0.25) is 0 Å². The zero-order chi connectivity index (χ0) is 19.1. The van der Waals surface area contributed by atoms with E-state index in [1.165, 1.54) is 10.5 Å². The van der Waals surface area contributed by atoms with E-state index in [2.05, 4.69) is 48.6 Å². The Bertz CT molecular complexity index is 735. The van der Waals surface area contributed by atoms with Gasteiger partial charge >= 0.3 is 0 Å². The molecule has 3 rings (SSSR count). The van der Waals surface area contributed by atoms with Gasteiger partial charge in [0, 0.05) is 19.7 Å². The first-order valence-corrected chi connectivity index (χ1v) is 9.81. The lowest BCUT2D eigenvalue weighted by molar-refractivity contribution is -1.02. The summed E-state index contributed by atoms with van der Waals surface area (Å²) in [5.41, 5.74) is 2.38. The summed E-state index contributed by atoms with van der Waals surface area (Å²) in [5.74, 6) is 0.198. The summed E-state index contributed by atoms with van der Waals surface area (Å²) < 4.78 is 0. The van der Waals surface area contributed by atoms with E-state index in [0.717, 1.165) is 38.3 Å². The third-order valence-corrected chi connectivity index (χ3v) is 5.34. The average molecular weight is 366 g/mol. The maximum Gasteiger partial charge on any atom is 0.285 e. The van der Waals surface area contributed by atoms with E-state index < -0.39 is 0 Å². The summed E-state index contributed by atoms with van der Waals surface area (Å²) in [4.78, 5) is 17.5. The van der Waals surface area contributed by atoms with Crippen molar-refractivity contribution >= 4 is 12.0 Å². The summed E-state index contributed by atoms with van der Waals surface area (Å²) in [5, 5.41) is 0. The standard InChI is InChI=1S/C23H29N3O/c1-24(2)23(27)22(21-13-7-4-8-14-21)26-18-16-25(17-19-26)15-9-12-20-10-5-3-6-11-20/h3-14,22H,15-19H2,1-2H3/p+2/b12-9+/t22-/m1/s1. The molecule has 1 aliphatic heterocycles. The zero-order valence-electron chi connectivity index (χ0n) is 16.4. The minimum Gasteiger partial charge on any atom is -0.343 e. The average Bonchev–Trinajstić information content (AvgIpc) is 2.71. The van der Waals surface area contributed by atoms with Crippen LogP contribution in [0.4, 0.5) is 0 Å². The Morgan fingerprint density at radius 2 is 1.56 bits per heavy atom. The van der Waals surface area contributed by atoms with E-state index in [-0.39, 0.29) is 11.9 Å². The predicted octanol–water partition coefficient (Wildman–Crippen LogP) is 0.313. The van der Waals surface area contributed by atoms with Crippen LogP contribution < -0.4 is 9.80 Å². The monoisotopic (exact) mass is 365 g/mol. The normalized spacial score (nSPS) is 21.1. The van der Waals surface area contributed by atoms with Gasteiger partial charge in [-0.25, -0.2) is 0 Å². The molecule has 2 aromatic carbocycles. The number of hydrogen-bond acceptors (Lipinski definition) is 1. The molecule has 0 spiro atoms. The molecule has 0 aliphatic carbocycles. The van der Waals surface area contributed by atoms with E-state index in [9.17, 15) is 4.79 Å². The first-order chi connectivity index (χ1) is 13.1. The van der Waals surface area contributed by atoms with Gasteiger partial charge in [0.15, 0.2) is 6.04 Å². The molecule has 1 fully saturated rings. The van der Waals surface area contributed by atoms with Crippen LogP contribution in [0.15, 0.2) is 66.7 Å². The lowest BCUT2D eigenvalue weighted by Crippen LogP contribution is -3.28. The second-order valence-corrected chi connectivity index (χ2v) is 7.50. The first-order valence-electron chi connectivity index (χ1n) is 9.81. The van der Waals surface area contributed by atoms with Crippen LogP contribution in [0.3, 0.4) is 0 Å². The molecule has 1 saturated heterocycles. The van der Waals surface area contributed by atoms with Gasteiger partial charge < -0.3 is 14.7 Å². The van der Waals surface area contributed by atoms with Crippen LogP contribution in [0, 0.1) is 0 Å². The van der Waals surface area contributed by atoms with Gasteiger partial charge in [0.1, 0.15) is 26.2 Å². The summed E-state index contributed by atoms with van der Waals surface area (Å²) in [6.45, 7) is 5.28. The highest BCUT2D eigenvalue weighted by Gasteiger charge is 2.36. The Morgan fingerprint density at radius 3 is 2.15 bits per heavy atom. The summed E-state index contributed by atoms with van der Waals surface area (Å²) in [6.07, 6.45) is 4.48. The van der Waals surface area contributed by atoms with Crippen molar-refractivity contribution in [1.29, 1.82) is 0 Å². The minimum absolute atomic E-state index is 0.0948. The molecule has 2 N–H and O–H groups in total. The molecular weight excluding hydrogens is 334 g/mol. The molecule has 27 heavy (non-hydrogen) atoms. The number of amides is 1. The molecule has 1 amide bonds. The van der Waals surface area contributed by atoms with Gasteiger partial charge in [-0.15, -0.1) is 0 Å². The number of piperazine rings is 1. The largest absolute Gasteiger partial charge is 0.343 e. The Kier molecular flexibility index (Phi) is 6.80. The predicted molar refractivity (Wildman–Crippen MR) is 110 cm³/mol. The number of quaternary nitrogens is 2. The van der Waals surface area contributed by atoms with Crippen molar-refractivity contribution in [3.8, 4) is 0 Å². The topological polar surface area (TPSA) is 29.2 Å². The fourth-order valence-corrected chi connectivity index (χ4v) is 3.80. The maximum absolute atomic E-state index is 12.8. The van der Waals surface area contributed by atoms with Crippen molar-refractivity contribution < 1.29 is 14.6 Å². The van der Waals surface area contributed by atoms with Gasteiger partial charge in [0.05, 0.1) is 6.54 Å². The number of nitrogens with one attached hydrogen (secondary N) is 2. The highest BCUT2D eigenvalue weighted by atomic mass is 16.2. The van der Waals surface area contributed by atoms with Gasteiger partial charge in [-0.05, 0) is 11.6 Å². The Balaban J connectivity index is 1.59. The van der Waals surface area contributed by atoms with E-state index in [1.807, 2.05) is 38.4 Å². The van der Waals surface area contributed by atoms with Crippen LogP contribution >= 0.6 is 0 Å². The van der Waals surface area contributed by atoms with E-state index in [0.29, 0.717) is 0 Å². The smallest absolute Gasteiger partial charge is 0.285 e. The van der Waals surface area contributed by atoms with Crippen LogP contribution in [-0.2, 0) is 4.79 Å². The van der Waals surface area contributed by atoms with Crippen molar-refractivity contribution in [3.63, 3.8) is 0 Å². The number of hydrogen-bond donors (Lipinski definition) is 2. The Hall–Kier alpha value is -2.43. The molecule has 4 heteroatoms. The molecule has 0 unspecified atom stereocenters. The van der Waals surface area contributed by atoms with Crippen molar-refractivity contribution in [3.05, 3.63) is 77.9 Å². The molecule has 1 heterocycles. The molecule has 1 aliphatic rings. The van der Waals surface area contributed by atoms with E-state index in [4.69, 9.17) is 0 Å². The minimum atomic E-state index is -0.0948. The summed E-state index contributed by atoms with van der Waals surface area (Å²) in [6, 6.07) is 20.6. The van der Waals surface area contributed by atoms with Crippen LogP contribution in [-0.4, -0.2) is 57.6 Å². The Morgan fingerprint density at radius 1 is 0.963 bits per heavy atom. The second kappa shape index (κ2) is 9.49. The third-order valence-electron chi connectivity index (χ3n) is 5.34. The maximum atomic E-state index is 12.8. The number of carbonyl (C=O) groups excluding carboxylic acids is 1. The van der Waals surface area contributed by atoms with Crippen LogP contribution in [0.5, 0.6) is 0 Å². The highest BCUT2D eigenvalue weighted by molar-refractivity contribution is 5.81. The number of rotatable bonds is 6. The molecular formula is C23H31N3O+2. The number of likely N-dealkylation sites (N-methyl/N-ethyl adjacent to an activating group) is 1. The van der Waals surface area contributed by atoms with Gasteiger partial charge in [-0.1, -0.05) is 66.7 Å². The van der Waals surface area contributed by atoms with Crippen molar-refractivity contribution in [1.82, 2.24) is 4.90 Å². The van der Waals surface area contributed by atoms with Crippen molar-refractivity contribution in [2.45, 2.75) is 6.04 Å². The summed E-state index contributed by atoms with van der Waals surface area (Å²) in [7, 11) is 3.71. The van der Waals surface area contributed by atoms with Crippen molar-refractivity contribution in [2.75, 3.05) is 46.8 Å². The van der Waals surface area contributed by atoms with Crippen LogP contribution in [0.2, 0.25) is 0 Å². The fourth-order valence-electron chi connectivity index (χ4n) is 3.80. The van der Waals surface area contributed by atoms with Gasteiger partial charge in [-0.2, -0.15) is 0 Å². The SMILES string of the molecule is CN(C)C(=O)[C@@H](c1ccccc1)[NH+]1CC[NH+](C/C=C/c2ccccc2)CC1. The molecule has 4 nitrogen and oxygen atoms in total. The second-order valence-electron chi connectivity index (χ2n) is 7.50. The van der Waals surface area contributed by atoms with Crippen LogP contribution in [0.1, 0.15) is 17.2 Å². The lowest BCUT2D eigenvalue weighted by atomic mass is 10.0. The Labute approximate surface area is 162 Å².